The SMILES string of the molecule is Cc1cc(N)cc2c1CN2. The number of fused-ring (bicyclic) bond motifs is 1. The molecule has 1 heterocycles. The van der Waals surface area contributed by atoms with E-state index in [1.807, 2.05) is 12.1 Å². The highest BCUT2D eigenvalue weighted by atomic mass is 14.9. The molecule has 0 unspecified atom stereocenters. The van der Waals surface area contributed by atoms with Gasteiger partial charge in [-0.15, -0.1) is 0 Å². The van der Waals surface area contributed by atoms with Gasteiger partial charge in [-0.3, -0.25) is 0 Å². The van der Waals surface area contributed by atoms with Crippen LogP contribution in [-0.4, -0.2) is 0 Å². The highest BCUT2D eigenvalue weighted by Crippen LogP contribution is 2.30. The van der Waals surface area contributed by atoms with Gasteiger partial charge < -0.3 is 11.1 Å². The van der Waals surface area contributed by atoms with E-state index < -0.39 is 0 Å². The maximum atomic E-state index is 5.62. The Morgan fingerprint density at radius 2 is 2.30 bits per heavy atom. The summed E-state index contributed by atoms with van der Waals surface area (Å²) in [5.74, 6) is 0. The third kappa shape index (κ3) is 0.588. The Bertz CT molecular complexity index is 262. The van der Waals surface area contributed by atoms with Crippen molar-refractivity contribution < 1.29 is 0 Å². The molecule has 0 radical (unpaired) electrons. The Morgan fingerprint density at radius 1 is 1.50 bits per heavy atom. The second-order valence-corrected chi connectivity index (χ2v) is 2.72. The van der Waals surface area contributed by atoms with Gasteiger partial charge >= 0.3 is 0 Å². The van der Waals surface area contributed by atoms with Crippen LogP contribution >= 0.6 is 0 Å². The van der Waals surface area contributed by atoms with Crippen LogP contribution in [0.3, 0.4) is 0 Å². The third-order valence-corrected chi connectivity index (χ3v) is 1.95. The Labute approximate surface area is 60.0 Å². The van der Waals surface area contributed by atoms with Crippen molar-refractivity contribution in [1.29, 1.82) is 0 Å². The molecule has 0 spiro atoms. The van der Waals surface area contributed by atoms with E-state index in [0.29, 0.717) is 0 Å². The lowest BCUT2D eigenvalue weighted by molar-refractivity contribution is 1.03. The van der Waals surface area contributed by atoms with Crippen LogP contribution in [0.1, 0.15) is 11.1 Å². The summed E-state index contributed by atoms with van der Waals surface area (Å²) in [5.41, 5.74) is 10.4. The van der Waals surface area contributed by atoms with Crippen molar-refractivity contribution in [3.63, 3.8) is 0 Å². The molecule has 52 valence electrons. The topological polar surface area (TPSA) is 38.0 Å². The van der Waals surface area contributed by atoms with Gasteiger partial charge in [-0.1, -0.05) is 0 Å². The zero-order valence-electron chi connectivity index (χ0n) is 5.94. The van der Waals surface area contributed by atoms with Crippen LogP contribution in [0, 0.1) is 6.92 Å². The summed E-state index contributed by atoms with van der Waals surface area (Å²) in [6.45, 7) is 3.09. The molecule has 0 aromatic heterocycles. The average molecular weight is 134 g/mol. The van der Waals surface area contributed by atoms with Gasteiger partial charge in [0.1, 0.15) is 0 Å². The molecular weight excluding hydrogens is 124 g/mol. The van der Waals surface area contributed by atoms with Crippen molar-refractivity contribution in [3.05, 3.63) is 23.3 Å². The molecule has 0 atom stereocenters. The van der Waals surface area contributed by atoms with Gasteiger partial charge in [-0.05, 0) is 30.2 Å². The lowest BCUT2D eigenvalue weighted by Crippen LogP contribution is -2.15. The van der Waals surface area contributed by atoms with Crippen LogP contribution in [-0.2, 0) is 6.54 Å². The molecule has 2 rings (SSSR count). The minimum Gasteiger partial charge on any atom is -0.399 e. The van der Waals surface area contributed by atoms with Crippen LogP contribution in [0.4, 0.5) is 11.4 Å². The Balaban J connectivity index is 2.63. The third-order valence-electron chi connectivity index (χ3n) is 1.95. The van der Waals surface area contributed by atoms with Gasteiger partial charge in [0.05, 0.1) is 0 Å². The van der Waals surface area contributed by atoms with Gasteiger partial charge in [0.2, 0.25) is 0 Å². The summed E-state index contributed by atoms with van der Waals surface area (Å²) in [6.07, 6.45) is 0. The number of rotatable bonds is 0. The summed E-state index contributed by atoms with van der Waals surface area (Å²) in [6, 6.07) is 3.99. The van der Waals surface area contributed by atoms with E-state index in [0.717, 1.165) is 12.2 Å². The molecule has 1 aliphatic heterocycles. The first-order chi connectivity index (χ1) is 4.77. The van der Waals surface area contributed by atoms with E-state index in [-0.39, 0.29) is 0 Å². The largest absolute Gasteiger partial charge is 0.399 e. The van der Waals surface area contributed by atoms with Crippen LogP contribution < -0.4 is 11.1 Å². The molecule has 0 bridgehead atoms. The fraction of sp³-hybridized carbons (Fsp3) is 0.250. The number of anilines is 2. The van der Waals surface area contributed by atoms with E-state index in [9.17, 15) is 0 Å². The molecule has 1 aliphatic rings. The molecule has 2 nitrogen and oxygen atoms in total. The number of hydrogen-bond acceptors (Lipinski definition) is 2. The standard InChI is InChI=1S/C8H10N2/c1-5-2-6(9)3-8-7(5)4-10-8/h2-3,10H,4,9H2,1H3. The minimum atomic E-state index is 0.850. The highest BCUT2D eigenvalue weighted by molar-refractivity contribution is 5.68. The highest BCUT2D eigenvalue weighted by Gasteiger charge is 2.13. The van der Waals surface area contributed by atoms with E-state index in [2.05, 4.69) is 12.2 Å². The van der Waals surface area contributed by atoms with Crippen molar-refractivity contribution in [2.75, 3.05) is 11.1 Å². The summed E-state index contributed by atoms with van der Waals surface area (Å²) < 4.78 is 0. The molecule has 1 aromatic carbocycles. The summed E-state index contributed by atoms with van der Waals surface area (Å²) in [4.78, 5) is 0. The molecule has 0 amide bonds. The van der Waals surface area contributed by atoms with E-state index in [4.69, 9.17) is 5.73 Å². The van der Waals surface area contributed by atoms with Crippen molar-refractivity contribution in [2.45, 2.75) is 13.5 Å². The normalized spacial score (nSPS) is 13.3. The van der Waals surface area contributed by atoms with Crippen molar-refractivity contribution >= 4 is 11.4 Å². The fourth-order valence-corrected chi connectivity index (χ4v) is 1.31. The van der Waals surface area contributed by atoms with Crippen LogP contribution in [0.25, 0.3) is 0 Å². The molecule has 1 aromatic rings. The van der Waals surface area contributed by atoms with E-state index >= 15 is 0 Å². The Morgan fingerprint density at radius 3 is 2.80 bits per heavy atom. The summed E-state index contributed by atoms with van der Waals surface area (Å²) >= 11 is 0. The first-order valence-corrected chi connectivity index (χ1v) is 3.40. The minimum absolute atomic E-state index is 0.850. The van der Waals surface area contributed by atoms with Crippen LogP contribution in [0.2, 0.25) is 0 Å². The molecule has 10 heavy (non-hydrogen) atoms. The maximum Gasteiger partial charge on any atom is 0.0424 e. The lowest BCUT2D eigenvalue weighted by atomic mass is 10.0. The zero-order valence-corrected chi connectivity index (χ0v) is 5.94. The van der Waals surface area contributed by atoms with Gasteiger partial charge in [0, 0.05) is 17.9 Å². The quantitative estimate of drug-likeness (QED) is 0.528. The van der Waals surface area contributed by atoms with E-state index in [1.54, 1.807) is 0 Å². The Hall–Kier alpha value is -1.18. The van der Waals surface area contributed by atoms with E-state index in [1.165, 1.54) is 16.8 Å². The van der Waals surface area contributed by atoms with Crippen molar-refractivity contribution in [1.82, 2.24) is 0 Å². The van der Waals surface area contributed by atoms with Gasteiger partial charge in [0.15, 0.2) is 0 Å². The number of benzene rings is 1. The summed E-state index contributed by atoms with van der Waals surface area (Å²) in [7, 11) is 0. The lowest BCUT2D eigenvalue weighted by Gasteiger charge is -2.23. The predicted molar refractivity (Wildman–Crippen MR) is 42.9 cm³/mol. The van der Waals surface area contributed by atoms with Gasteiger partial charge in [-0.25, -0.2) is 0 Å². The maximum absolute atomic E-state index is 5.62. The molecule has 2 heteroatoms. The van der Waals surface area contributed by atoms with Gasteiger partial charge in [-0.2, -0.15) is 0 Å². The summed E-state index contributed by atoms with van der Waals surface area (Å²) in [5, 5.41) is 3.19. The van der Waals surface area contributed by atoms with Crippen LogP contribution in [0.5, 0.6) is 0 Å². The van der Waals surface area contributed by atoms with Crippen LogP contribution in [0.15, 0.2) is 12.1 Å². The zero-order chi connectivity index (χ0) is 7.14. The average Bonchev–Trinajstić information content (AvgIpc) is 1.77. The molecular formula is C8H10N2. The number of aryl methyl sites for hydroxylation is 1. The number of nitrogens with one attached hydrogen (secondary N) is 1. The predicted octanol–water partition coefficient (Wildman–Crippen LogP) is 1.50. The van der Waals surface area contributed by atoms with Crippen molar-refractivity contribution in [3.8, 4) is 0 Å². The number of hydrogen-bond donors (Lipinski definition) is 2. The molecule has 3 N–H and O–H groups in total. The number of nitrogens with two attached hydrogens (primary N) is 1. The first-order valence-electron chi connectivity index (χ1n) is 3.40. The fourth-order valence-electron chi connectivity index (χ4n) is 1.31. The molecule has 0 saturated carbocycles. The number of nitrogen functional groups attached to an aromatic ring is 1. The molecule has 0 fully saturated rings. The second-order valence-electron chi connectivity index (χ2n) is 2.72. The van der Waals surface area contributed by atoms with Gasteiger partial charge in [0.25, 0.3) is 0 Å². The monoisotopic (exact) mass is 134 g/mol. The Kier molecular flexibility index (Phi) is 0.926. The molecule has 0 saturated heterocycles. The smallest absolute Gasteiger partial charge is 0.0424 e. The first kappa shape index (κ1) is 5.59. The van der Waals surface area contributed by atoms with Crippen molar-refractivity contribution in [2.24, 2.45) is 0 Å². The molecule has 0 aliphatic carbocycles. The second kappa shape index (κ2) is 1.66.